The Bertz CT molecular complexity index is 1600. The van der Waals surface area contributed by atoms with Gasteiger partial charge in [-0.2, -0.15) is 0 Å². The van der Waals surface area contributed by atoms with Crippen LogP contribution in [0.2, 0.25) is 0 Å². The highest BCUT2D eigenvalue weighted by molar-refractivity contribution is 14.1. The van der Waals surface area contributed by atoms with Gasteiger partial charge in [-0.05, 0) is 127 Å². The molecule has 0 radical (unpaired) electrons. The average molecular weight is 838 g/mol. The van der Waals surface area contributed by atoms with Crippen LogP contribution in [0.15, 0.2) is 36.4 Å². The van der Waals surface area contributed by atoms with Crippen molar-refractivity contribution >= 4 is 59.0 Å². The van der Waals surface area contributed by atoms with E-state index < -0.39 is 65.9 Å². The van der Waals surface area contributed by atoms with Crippen molar-refractivity contribution in [2.75, 3.05) is 28.4 Å². The van der Waals surface area contributed by atoms with Gasteiger partial charge >= 0.3 is 19.2 Å². The average Bonchev–Trinajstić information content (AvgIpc) is 3.28. The predicted octanol–water partition coefficient (Wildman–Crippen LogP) is 4.70. The molecule has 3 atom stereocenters. The molecule has 1 aliphatic rings. The summed E-state index contributed by atoms with van der Waals surface area (Å²) in [5.74, 6) is -0.598. The second kappa shape index (κ2) is 17.5. The Hall–Kier alpha value is -3.57. The molecule has 286 valence electrons. The summed E-state index contributed by atoms with van der Waals surface area (Å²) in [7, 11) is 5.22. The van der Waals surface area contributed by atoms with Crippen LogP contribution >= 0.6 is 22.6 Å². The van der Waals surface area contributed by atoms with Gasteiger partial charge in [0.2, 0.25) is 11.8 Å². The molecule has 0 aliphatic carbocycles. The smallest absolute Gasteiger partial charge is 0.497 e. The van der Waals surface area contributed by atoms with E-state index in [2.05, 4.69) is 33.2 Å². The third-order valence-corrected chi connectivity index (χ3v) is 9.97. The number of likely N-dealkylation sites (N-methyl/N-ethyl adjacent to an activating group) is 1. The molecule has 0 aromatic heterocycles. The molecule has 15 heteroatoms. The zero-order chi connectivity index (χ0) is 39.2. The van der Waals surface area contributed by atoms with Gasteiger partial charge in [0.1, 0.15) is 35.2 Å². The van der Waals surface area contributed by atoms with Crippen molar-refractivity contribution in [2.24, 2.45) is 0 Å². The SMILES string of the molecule is COC(=O)[C@H](CCCc1ccc(OC)c(B2OC(C)(C)C(C)(C)O2)c1)NC(=O)[C@H](C)NC(=O)C(c1ccc(OC)c(I)c1)N(C)C(=O)OC(C)(C)C. The number of nitrogens with zero attached hydrogens (tertiary/aromatic N) is 1. The van der Waals surface area contributed by atoms with Crippen molar-refractivity contribution in [3.05, 3.63) is 51.1 Å². The van der Waals surface area contributed by atoms with E-state index in [0.29, 0.717) is 29.9 Å². The number of methoxy groups -OCH3 is 3. The number of hydrogen-bond donors (Lipinski definition) is 2. The molecule has 1 saturated heterocycles. The molecule has 2 aromatic carbocycles. The van der Waals surface area contributed by atoms with Gasteiger partial charge in [-0.15, -0.1) is 0 Å². The Morgan fingerprint density at radius 3 is 2.04 bits per heavy atom. The standard InChI is InChI=1S/C37H53BIN3O10/c1-22(40-32(44)30(42(9)34(46)50-35(2,3)4)24-17-19-29(48-11)26(39)21-24)31(43)41-27(33(45)49-12)15-13-14-23-16-18-28(47-10)25(20-23)38-51-36(5,6)37(7,8)52-38/h16-22,27,30H,13-15H2,1-12H3,(H,40,44)(H,41,43)/t22-,27-,30?/m0/s1. The van der Waals surface area contributed by atoms with Crippen molar-refractivity contribution in [1.29, 1.82) is 0 Å². The van der Waals surface area contributed by atoms with E-state index in [4.69, 9.17) is 28.3 Å². The number of ether oxygens (including phenoxy) is 4. The summed E-state index contributed by atoms with van der Waals surface area (Å²) in [5.41, 5.74) is 0.362. The quantitative estimate of drug-likeness (QED) is 0.156. The summed E-state index contributed by atoms with van der Waals surface area (Å²) in [6, 6.07) is 7.67. The fourth-order valence-corrected chi connectivity index (χ4v) is 6.25. The Morgan fingerprint density at radius 1 is 0.904 bits per heavy atom. The van der Waals surface area contributed by atoms with Crippen molar-refractivity contribution < 1.29 is 47.4 Å². The topological polar surface area (TPSA) is 151 Å². The molecule has 13 nitrogen and oxygen atoms in total. The van der Waals surface area contributed by atoms with E-state index in [1.807, 2.05) is 45.9 Å². The first-order valence-electron chi connectivity index (χ1n) is 17.1. The molecule has 52 heavy (non-hydrogen) atoms. The number of aryl methyl sites for hydroxylation is 1. The van der Waals surface area contributed by atoms with Crippen LogP contribution in [0.4, 0.5) is 4.79 Å². The molecule has 1 aliphatic heterocycles. The molecule has 3 rings (SSSR count). The summed E-state index contributed by atoms with van der Waals surface area (Å²) in [6.07, 6.45) is 0.646. The molecular formula is C37H53BIN3O10. The first-order chi connectivity index (χ1) is 24.1. The number of hydrogen-bond acceptors (Lipinski definition) is 10. The highest BCUT2D eigenvalue weighted by atomic mass is 127. The lowest BCUT2D eigenvalue weighted by Crippen LogP contribution is -2.53. The minimum atomic E-state index is -1.15. The van der Waals surface area contributed by atoms with E-state index in [1.165, 1.54) is 33.1 Å². The monoisotopic (exact) mass is 837 g/mol. The summed E-state index contributed by atoms with van der Waals surface area (Å²) < 4.78 is 34.7. The largest absolute Gasteiger partial charge is 0.498 e. The fraction of sp³-hybridized carbons (Fsp3) is 0.568. The number of halogens is 1. The number of benzene rings is 2. The molecule has 3 amide bonds. The van der Waals surface area contributed by atoms with E-state index >= 15 is 0 Å². The molecule has 0 saturated carbocycles. The van der Waals surface area contributed by atoms with Gasteiger partial charge < -0.3 is 38.9 Å². The number of nitrogens with one attached hydrogen (secondary N) is 2. The van der Waals surface area contributed by atoms with Crippen molar-refractivity contribution in [1.82, 2.24) is 15.5 Å². The van der Waals surface area contributed by atoms with Crippen molar-refractivity contribution in [3.8, 4) is 11.5 Å². The zero-order valence-corrected chi connectivity index (χ0v) is 34.5. The van der Waals surface area contributed by atoms with E-state index in [-0.39, 0.29) is 6.42 Å². The van der Waals surface area contributed by atoms with E-state index in [1.54, 1.807) is 46.1 Å². The van der Waals surface area contributed by atoms with Gasteiger partial charge in [0, 0.05) is 12.5 Å². The van der Waals surface area contributed by atoms with Crippen molar-refractivity contribution in [3.63, 3.8) is 0 Å². The molecule has 1 heterocycles. The van der Waals surface area contributed by atoms with Gasteiger partial charge in [-0.25, -0.2) is 9.59 Å². The normalized spacial score (nSPS) is 16.6. The maximum atomic E-state index is 13.8. The van der Waals surface area contributed by atoms with Crippen LogP contribution in [0.25, 0.3) is 0 Å². The van der Waals surface area contributed by atoms with Crippen LogP contribution in [0.1, 0.15) is 85.4 Å². The number of esters is 1. The number of amides is 3. The zero-order valence-electron chi connectivity index (χ0n) is 32.3. The third-order valence-electron chi connectivity index (χ3n) is 9.12. The first-order valence-corrected chi connectivity index (χ1v) is 18.2. The Kier molecular flexibility index (Phi) is 14.4. The van der Waals surface area contributed by atoms with Crippen LogP contribution in [-0.4, -0.2) is 93.2 Å². The summed E-state index contributed by atoms with van der Waals surface area (Å²) >= 11 is 2.08. The van der Waals surface area contributed by atoms with Crippen molar-refractivity contribution in [2.45, 2.75) is 110 Å². The minimum Gasteiger partial charge on any atom is -0.497 e. The lowest BCUT2D eigenvalue weighted by molar-refractivity contribution is -0.145. The van der Waals surface area contributed by atoms with Gasteiger partial charge in [0.25, 0.3) is 0 Å². The Labute approximate surface area is 321 Å². The molecule has 0 bridgehead atoms. The number of carbonyl (C=O) groups excluding carboxylic acids is 4. The molecule has 1 unspecified atom stereocenters. The Morgan fingerprint density at radius 2 is 1.50 bits per heavy atom. The second-order valence-electron chi connectivity index (χ2n) is 14.8. The second-order valence-corrected chi connectivity index (χ2v) is 15.9. The van der Waals surface area contributed by atoms with E-state index in [0.717, 1.165) is 14.6 Å². The molecule has 2 N–H and O–H groups in total. The lowest BCUT2D eigenvalue weighted by atomic mass is 9.77. The molecule has 1 fully saturated rings. The number of rotatable bonds is 14. The van der Waals surface area contributed by atoms with Crippen LogP contribution in [0.5, 0.6) is 11.5 Å². The van der Waals surface area contributed by atoms with Gasteiger partial charge in [-0.3, -0.25) is 14.5 Å². The fourth-order valence-electron chi connectivity index (χ4n) is 5.49. The van der Waals surface area contributed by atoms with Gasteiger partial charge in [0.15, 0.2) is 0 Å². The predicted molar refractivity (Wildman–Crippen MR) is 206 cm³/mol. The molecular weight excluding hydrogens is 784 g/mol. The highest BCUT2D eigenvalue weighted by Crippen LogP contribution is 2.37. The maximum Gasteiger partial charge on any atom is 0.498 e. The summed E-state index contributed by atoms with van der Waals surface area (Å²) in [4.78, 5) is 54.2. The van der Waals surface area contributed by atoms with Crippen LogP contribution in [0, 0.1) is 3.57 Å². The van der Waals surface area contributed by atoms with E-state index in [9.17, 15) is 19.2 Å². The van der Waals surface area contributed by atoms with Gasteiger partial charge in [-0.1, -0.05) is 18.2 Å². The summed E-state index contributed by atoms with van der Waals surface area (Å²) in [6.45, 7) is 14.6. The minimum absolute atomic E-state index is 0.269. The van der Waals surface area contributed by atoms with Crippen LogP contribution < -0.4 is 25.6 Å². The maximum absolute atomic E-state index is 13.8. The first kappa shape index (κ1) is 42.8. The third kappa shape index (κ3) is 10.7. The lowest BCUT2D eigenvalue weighted by Gasteiger charge is -2.32. The number of carbonyl (C=O) groups is 4. The summed E-state index contributed by atoms with van der Waals surface area (Å²) in [5, 5.41) is 5.43. The van der Waals surface area contributed by atoms with Crippen LogP contribution in [-0.2, 0) is 39.6 Å². The Balaban J connectivity index is 1.72. The van der Waals surface area contributed by atoms with Crippen LogP contribution in [0.3, 0.4) is 0 Å². The highest BCUT2D eigenvalue weighted by Gasteiger charge is 2.52. The van der Waals surface area contributed by atoms with Gasteiger partial charge in [0.05, 0.1) is 36.1 Å². The molecule has 0 spiro atoms. The molecule has 2 aromatic rings.